The first-order valence-corrected chi connectivity index (χ1v) is 8.72. The van der Waals surface area contributed by atoms with Crippen LogP contribution in [0.2, 0.25) is 10.0 Å². The molecular weight excluding hydrogens is 337 g/mol. The van der Waals surface area contributed by atoms with E-state index in [1.165, 1.54) is 0 Å². The monoisotopic (exact) mass is 347 g/mol. The van der Waals surface area contributed by atoms with E-state index in [9.17, 15) is 8.42 Å². The van der Waals surface area contributed by atoms with Crippen molar-refractivity contribution in [3.63, 3.8) is 0 Å². The summed E-state index contributed by atoms with van der Waals surface area (Å²) in [4.78, 5) is 4.24. The minimum Gasteiger partial charge on any atom is -0.396 e. The molecule has 1 fully saturated rings. The second-order valence-electron chi connectivity index (χ2n) is 4.91. The molecule has 21 heavy (non-hydrogen) atoms. The van der Waals surface area contributed by atoms with Crippen LogP contribution in [-0.4, -0.2) is 30.1 Å². The lowest BCUT2D eigenvalue weighted by atomic mass is 10.1. The summed E-state index contributed by atoms with van der Waals surface area (Å²) in [5, 5.41) is 4.44. The molecule has 1 aromatic carbocycles. The number of hydrogen-bond acceptors (Lipinski definition) is 6. The highest BCUT2D eigenvalue weighted by molar-refractivity contribution is 7.91. The maximum absolute atomic E-state index is 11.5. The molecule has 3 rings (SSSR count). The van der Waals surface area contributed by atoms with Crippen LogP contribution in [0.3, 0.4) is 0 Å². The third-order valence-electron chi connectivity index (χ3n) is 3.37. The quantitative estimate of drug-likeness (QED) is 0.838. The van der Waals surface area contributed by atoms with Crippen LogP contribution >= 0.6 is 23.2 Å². The lowest BCUT2D eigenvalue weighted by Crippen LogP contribution is -2.05. The van der Waals surface area contributed by atoms with E-state index in [1.807, 2.05) is 0 Å². The van der Waals surface area contributed by atoms with Crippen LogP contribution in [0.5, 0.6) is 0 Å². The fourth-order valence-electron chi connectivity index (χ4n) is 2.22. The second kappa shape index (κ2) is 5.15. The van der Waals surface area contributed by atoms with Gasteiger partial charge in [-0.25, -0.2) is 8.42 Å². The average molecular weight is 348 g/mol. The molecule has 6 nitrogen and oxygen atoms in total. The number of aromatic nitrogens is 2. The van der Waals surface area contributed by atoms with Gasteiger partial charge in [0.15, 0.2) is 15.7 Å². The molecular formula is C12H11Cl2N3O3S. The van der Waals surface area contributed by atoms with Crippen LogP contribution in [-0.2, 0) is 9.84 Å². The second-order valence-corrected chi connectivity index (χ2v) is 7.95. The molecule has 2 aromatic rings. The first-order chi connectivity index (χ1) is 9.85. The SMILES string of the molecule is Nc1c(Cl)cc(-c2nc(C3CCS(=O)(=O)C3)no2)cc1Cl. The largest absolute Gasteiger partial charge is 0.396 e. The summed E-state index contributed by atoms with van der Waals surface area (Å²) in [5.74, 6) is 0.594. The van der Waals surface area contributed by atoms with Crippen molar-refractivity contribution in [1.29, 1.82) is 0 Å². The molecule has 112 valence electrons. The van der Waals surface area contributed by atoms with Gasteiger partial charge in [-0.3, -0.25) is 0 Å². The van der Waals surface area contributed by atoms with E-state index in [1.54, 1.807) is 12.1 Å². The number of rotatable bonds is 2. The van der Waals surface area contributed by atoms with Gasteiger partial charge in [0.1, 0.15) is 0 Å². The zero-order chi connectivity index (χ0) is 15.2. The maximum atomic E-state index is 11.5. The third-order valence-corrected chi connectivity index (χ3v) is 5.76. The molecule has 0 amide bonds. The van der Waals surface area contributed by atoms with E-state index in [4.69, 9.17) is 33.5 Å². The molecule has 1 unspecified atom stereocenters. The Bertz CT molecular complexity index is 781. The summed E-state index contributed by atoms with van der Waals surface area (Å²) in [5.41, 5.74) is 6.49. The summed E-state index contributed by atoms with van der Waals surface area (Å²) >= 11 is 11.9. The van der Waals surface area contributed by atoms with Crippen molar-refractivity contribution in [2.75, 3.05) is 17.2 Å². The number of nitrogens with zero attached hydrogens (tertiary/aromatic N) is 2. The average Bonchev–Trinajstić information content (AvgIpc) is 3.01. The molecule has 0 bridgehead atoms. The standard InChI is InChI=1S/C12H11Cl2N3O3S/c13-8-3-7(4-9(14)10(8)15)12-16-11(17-20-12)6-1-2-21(18,19)5-6/h3-4,6H,1-2,5,15H2. The Hall–Kier alpha value is -1.31. The first-order valence-electron chi connectivity index (χ1n) is 6.14. The van der Waals surface area contributed by atoms with Crippen LogP contribution in [0.1, 0.15) is 18.2 Å². The zero-order valence-corrected chi connectivity index (χ0v) is 13.0. The van der Waals surface area contributed by atoms with Crippen molar-refractivity contribution in [2.45, 2.75) is 12.3 Å². The van der Waals surface area contributed by atoms with Gasteiger partial charge in [0, 0.05) is 11.5 Å². The number of nitrogens with two attached hydrogens (primary N) is 1. The molecule has 9 heteroatoms. The third kappa shape index (κ3) is 2.86. The van der Waals surface area contributed by atoms with E-state index < -0.39 is 9.84 Å². The lowest BCUT2D eigenvalue weighted by Gasteiger charge is -2.02. The van der Waals surface area contributed by atoms with Gasteiger partial charge in [0.25, 0.3) is 5.89 Å². The maximum Gasteiger partial charge on any atom is 0.258 e. The van der Waals surface area contributed by atoms with Gasteiger partial charge < -0.3 is 10.3 Å². The molecule has 1 aliphatic rings. The summed E-state index contributed by atoms with van der Waals surface area (Å²) in [6.45, 7) is 0. The fraction of sp³-hybridized carbons (Fsp3) is 0.333. The molecule has 1 aliphatic heterocycles. The molecule has 1 saturated heterocycles. The predicted octanol–water partition coefficient (Wildman–Crippen LogP) is 2.53. The van der Waals surface area contributed by atoms with Gasteiger partial charge in [-0.2, -0.15) is 4.98 Å². The predicted molar refractivity (Wildman–Crippen MR) is 80.2 cm³/mol. The summed E-state index contributed by atoms with van der Waals surface area (Å²) in [6.07, 6.45) is 0.505. The summed E-state index contributed by atoms with van der Waals surface area (Å²) in [6, 6.07) is 3.15. The molecule has 0 saturated carbocycles. The van der Waals surface area contributed by atoms with Gasteiger partial charge in [0.2, 0.25) is 0 Å². The smallest absolute Gasteiger partial charge is 0.258 e. The number of sulfone groups is 1. The van der Waals surface area contributed by atoms with E-state index in [0.29, 0.717) is 27.9 Å². The van der Waals surface area contributed by atoms with Gasteiger partial charge in [-0.05, 0) is 18.6 Å². The molecule has 0 spiro atoms. The number of nitrogen functional groups attached to an aromatic ring is 1. The van der Waals surface area contributed by atoms with Crippen molar-refractivity contribution in [1.82, 2.24) is 10.1 Å². The highest BCUT2D eigenvalue weighted by Gasteiger charge is 2.32. The Morgan fingerprint density at radius 2 is 1.95 bits per heavy atom. The van der Waals surface area contributed by atoms with E-state index in [-0.39, 0.29) is 29.0 Å². The molecule has 0 aliphatic carbocycles. The Morgan fingerprint density at radius 3 is 2.52 bits per heavy atom. The van der Waals surface area contributed by atoms with E-state index >= 15 is 0 Å². The molecule has 2 heterocycles. The Kier molecular flexibility index (Phi) is 3.59. The summed E-state index contributed by atoms with van der Waals surface area (Å²) in [7, 11) is -3.00. The topological polar surface area (TPSA) is 99.1 Å². The van der Waals surface area contributed by atoms with Crippen molar-refractivity contribution in [3.8, 4) is 11.5 Å². The number of halogens is 2. The van der Waals surface area contributed by atoms with Crippen LogP contribution in [0, 0.1) is 0 Å². The van der Waals surface area contributed by atoms with Crippen molar-refractivity contribution < 1.29 is 12.9 Å². The minimum absolute atomic E-state index is 0.0508. The van der Waals surface area contributed by atoms with E-state index in [2.05, 4.69) is 10.1 Å². The number of benzene rings is 1. The number of hydrogen-bond donors (Lipinski definition) is 1. The van der Waals surface area contributed by atoms with E-state index in [0.717, 1.165) is 0 Å². The lowest BCUT2D eigenvalue weighted by molar-refractivity contribution is 0.418. The molecule has 0 radical (unpaired) electrons. The zero-order valence-electron chi connectivity index (χ0n) is 10.7. The van der Waals surface area contributed by atoms with Gasteiger partial charge in [0.05, 0.1) is 27.2 Å². The van der Waals surface area contributed by atoms with Crippen molar-refractivity contribution in [2.24, 2.45) is 0 Å². The van der Waals surface area contributed by atoms with Crippen molar-refractivity contribution >= 4 is 38.7 Å². The highest BCUT2D eigenvalue weighted by atomic mass is 35.5. The normalized spacial score (nSPS) is 20.8. The summed E-state index contributed by atoms with van der Waals surface area (Å²) < 4.78 is 28.1. The Balaban J connectivity index is 1.92. The van der Waals surface area contributed by atoms with Gasteiger partial charge in [-0.15, -0.1) is 0 Å². The number of anilines is 1. The molecule has 1 aromatic heterocycles. The Labute approximate surface area is 131 Å². The molecule has 1 atom stereocenters. The van der Waals surface area contributed by atoms with Crippen LogP contribution in [0.25, 0.3) is 11.5 Å². The van der Waals surface area contributed by atoms with Crippen molar-refractivity contribution in [3.05, 3.63) is 28.0 Å². The van der Waals surface area contributed by atoms with Crippen LogP contribution in [0.15, 0.2) is 16.7 Å². The molecule has 2 N–H and O–H groups in total. The fourth-order valence-corrected chi connectivity index (χ4v) is 4.45. The first kappa shape index (κ1) is 14.6. The van der Waals surface area contributed by atoms with Gasteiger partial charge in [-0.1, -0.05) is 28.4 Å². The van der Waals surface area contributed by atoms with Gasteiger partial charge >= 0.3 is 0 Å². The van der Waals surface area contributed by atoms with Crippen LogP contribution < -0.4 is 5.73 Å². The Morgan fingerprint density at radius 1 is 1.29 bits per heavy atom. The minimum atomic E-state index is -3.00. The van der Waals surface area contributed by atoms with Crippen LogP contribution in [0.4, 0.5) is 5.69 Å². The highest BCUT2D eigenvalue weighted by Crippen LogP contribution is 2.34.